The second kappa shape index (κ2) is 5.32. The minimum atomic E-state index is -3.33. The van der Waals surface area contributed by atoms with Crippen molar-refractivity contribution in [3.05, 3.63) is 16.2 Å². The van der Waals surface area contributed by atoms with Gasteiger partial charge in [0.2, 0.25) is 0 Å². The van der Waals surface area contributed by atoms with E-state index < -0.39 is 9.84 Å². The first-order valence-corrected chi connectivity index (χ1v) is 10.3. The van der Waals surface area contributed by atoms with Gasteiger partial charge in [0.15, 0.2) is 9.84 Å². The molecule has 1 N–H and O–H groups in total. The van der Waals surface area contributed by atoms with Crippen molar-refractivity contribution < 1.29 is 8.42 Å². The highest BCUT2D eigenvalue weighted by Crippen LogP contribution is 2.44. The molecule has 22 heavy (non-hydrogen) atoms. The van der Waals surface area contributed by atoms with E-state index in [9.17, 15) is 8.42 Å². The maximum Gasteiger partial charge on any atom is 0.185 e. The number of hydrogen-bond donors (Lipinski definition) is 1. The van der Waals surface area contributed by atoms with Gasteiger partial charge in [0.25, 0.3) is 0 Å². The second-order valence-corrected chi connectivity index (χ2v) is 9.84. The lowest BCUT2D eigenvalue weighted by atomic mass is 10.0. The minimum absolute atomic E-state index is 0.251. The van der Waals surface area contributed by atoms with Gasteiger partial charge in [-0.3, -0.25) is 5.10 Å². The van der Waals surface area contributed by atoms with E-state index in [0.29, 0.717) is 19.9 Å². The molecule has 0 aliphatic heterocycles. The van der Waals surface area contributed by atoms with Crippen LogP contribution in [-0.2, 0) is 9.84 Å². The first kappa shape index (κ1) is 14.7. The first-order valence-electron chi connectivity index (χ1n) is 7.51. The predicted molar refractivity (Wildman–Crippen MR) is 86.1 cm³/mol. The average molecular weight is 358 g/mol. The molecule has 0 aromatic carbocycles. The Labute approximate surface area is 138 Å². The quantitative estimate of drug-likeness (QED) is 0.903. The smallest absolute Gasteiger partial charge is 0.185 e. The number of sulfone groups is 1. The van der Waals surface area contributed by atoms with Crippen LogP contribution in [0.5, 0.6) is 0 Å². The summed E-state index contributed by atoms with van der Waals surface area (Å²) in [6.07, 6.45) is 7.36. The van der Waals surface area contributed by atoms with Crippen molar-refractivity contribution in [2.45, 2.75) is 54.6 Å². The number of aromatic nitrogens is 3. The third kappa shape index (κ3) is 2.39. The molecular weight excluding hydrogens is 342 g/mol. The SMILES string of the molecule is O=S(=O)(c1c(-c2ncc(Cl)s2)n[nH]c1C1CCCC1)C1CC1. The zero-order chi connectivity index (χ0) is 15.3. The van der Waals surface area contributed by atoms with Crippen molar-refractivity contribution in [1.29, 1.82) is 0 Å². The molecular formula is C14H16ClN3O2S2. The van der Waals surface area contributed by atoms with E-state index in [1.165, 1.54) is 11.3 Å². The van der Waals surface area contributed by atoms with Crippen LogP contribution in [0.3, 0.4) is 0 Å². The van der Waals surface area contributed by atoms with Crippen molar-refractivity contribution >= 4 is 32.8 Å². The Hall–Kier alpha value is -0.920. The maximum absolute atomic E-state index is 12.9. The molecule has 0 spiro atoms. The highest BCUT2D eigenvalue weighted by atomic mass is 35.5. The van der Waals surface area contributed by atoms with Crippen molar-refractivity contribution in [2.24, 2.45) is 0 Å². The van der Waals surface area contributed by atoms with Crippen LogP contribution in [0.2, 0.25) is 4.34 Å². The summed E-state index contributed by atoms with van der Waals surface area (Å²) in [5, 5.41) is 7.64. The number of halogens is 1. The van der Waals surface area contributed by atoms with Gasteiger partial charge in [-0.05, 0) is 25.7 Å². The molecule has 4 rings (SSSR count). The molecule has 2 heterocycles. The van der Waals surface area contributed by atoms with Crippen LogP contribution < -0.4 is 0 Å². The summed E-state index contributed by atoms with van der Waals surface area (Å²) in [6.45, 7) is 0. The number of thiazole rings is 1. The molecule has 2 fully saturated rings. The summed E-state index contributed by atoms with van der Waals surface area (Å²) < 4.78 is 26.4. The zero-order valence-corrected chi connectivity index (χ0v) is 14.3. The Kier molecular flexibility index (Phi) is 3.54. The lowest BCUT2D eigenvalue weighted by molar-refractivity contribution is 0.590. The summed E-state index contributed by atoms with van der Waals surface area (Å²) in [4.78, 5) is 4.60. The van der Waals surface area contributed by atoms with Gasteiger partial charge in [-0.25, -0.2) is 13.4 Å². The molecule has 0 bridgehead atoms. The number of nitrogens with zero attached hydrogens (tertiary/aromatic N) is 2. The fourth-order valence-corrected chi connectivity index (χ4v) is 6.17. The third-order valence-electron chi connectivity index (χ3n) is 4.44. The Bertz CT molecular complexity index is 802. The topological polar surface area (TPSA) is 75.7 Å². The molecule has 2 aromatic rings. The van der Waals surface area contributed by atoms with E-state index in [0.717, 1.165) is 44.2 Å². The van der Waals surface area contributed by atoms with Crippen LogP contribution in [0.15, 0.2) is 11.1 Å². The molecule has 0 saturated heterocycles. The average Bonchev–Trinajstić information content (AvgIpc) is 2.92. The summed E-state index contributed by atoms with van der Waals surface area (Å²) in [6, 6.07) is 0. The van der Waals surface area contributed by atoms with Crippen LogP contribution in [-0.4, -0.2) is 28.8 Å². The lowest BCUT2D eigenvalue weighted by Gasteiger charge is -2.10. The number of nitrogens with one attached hydrogen (secondary N) is 1. The highest BCUT2D eigenvalue weighted by Gasteiger charge is 2.42. The standard InChI is InChI=1S/C14H16ClN3O2S2/c15-10-7-16-14(21-10)12-13(22(19,20)9-5-6-9)11(17-18-12)8-3-1-2-4-8/h7-9H,1-6H2,(H,17,18). The number of hydrogen-bond acceptors (Lipinski definition) is 5. The van der Waals surface area contributed by atoms with Crippen LogP contribution in [0, 0.1) is 0 Å². The van der Waals surface area contributed by atoms with E-state index in [-0.39, 0.29) is 11.2 Å². The summed E-state index contributed by atoms with van der Waals surface area (Å²) in [7, 11) is -3.33. The molecule has 0 amide bonds. The van der Waals surface area contributed by atoms with Gasteiger partial charge in [0.05, 0.1) is 17.1 Å². The van der Waals surface area contributed by atoms with E-state index in [1.54, 1.807) is 6.20 Å². The largest absolute Gasteiger partial charge is 0.280 e. The predicted octanol–water partition coefficient (Wildman–Crippen LogP) is 3.78. The van der Waals surface area contributed by atoms with Crippen LogP contribution >= 0.6 is 22.9 Å². The molecule has 0 unspecified atom stereocenters. The van der Waals surface area contributed by atoms with E-state index in [4.69, 9.17) is 11.6 Å². The fourth-order valence-electron chi connectivity index (χ4n) is 3.18. The normalized spacial score (nSPS) is 19.9. The van der Waals surface area contributed by atoms with Crippen molar-refractivity contribution in [2.75, 3.05) is 0 Å². The number of H-pyrrole nitrogens is 1. The molecule has 118 valence electrons. The molecule has 2 aromatic heterocycles. The number of aromatic amines is 1. The maximum atomic E-state index is 12.9. The molecule has 2 aliphatic carbocycles. The summed E-state index contributed by atoms with van der Waals surface area (Å²) >= 11 is 7.22. The van der Waals surface area contributed by atoms with Gasteiger partial charge in [0, 0.05) is 5.92 Å². The third-order valence-corrected chi connectivity index (χ3v) is 7.89. The van der Waals surface area contributed by atoms with Gasteiger partial charge >= 0.3 is 0 Å². The second-order valence-electron chi connectivity index (χ2n) is 6.01. The Morgan fingerprint density at radius 3 is 2.55 bits per heavy atom. The Morgan fingerprint density at radius 2 is 1.95 bits per heavy atom. The van der Waals surface area contributed by atoms with Crippen LogP contribution in [0.4, 0.5) is 0 Å². The van der Waals surface area contributed by atoms with Crippen LogP contribution in [0.1, 0.15) is 50.1 Å². The van der Waals surface area contributed by atoms with Gasteiger partial charge in [0.1, 0.15) is 19.9 Å². The lowest BCUT2D eigenvalue weighted by Crippen LogP contribution is -2.11. The van der Waals surface area contributed by atoms with Gasteiger partial charge in [-0.15, -0.1) is 11.3 Å². The molecule has 0 atom stereocenters. The monoisotopic (exact) mass is 357 g/mol. The van der Waals surface area contributed by atoms with Crippen molar-refractivity contribution in [3.63, 3.8) is 0 Å². The number of rotatable bonds is 4. The van der Waals surface area contributed by atoms with Crippen molar-refractivity contribution in [1.82, 2.24) is 15.2 Å². The Morgan fingerprint density at radius 1 is 1.23 bits per heavy atom. The molecule has 5 nitrogen and oxygen atoms in total. The van der Waals surface area contributed by atoms with Gasteiger partial charge < -0.3 is 0 Å². The Balaban J connectivity index is 1.88. The minimum Gasteiger partial charge on any atom is -0.280 e. The van der Waals surface area contributed by atoms with Gasteiger partial charge in [-0.2, -0.15) is 5.10 Å². The molecule has 0 radical (unpaired) electrons. The summed E-state index contributed by atoms with van der Waals surface area (Å²) in [5.74, 6) is 0.264. The van der Waals surface area contributed by atoms with E-state index in [2.05, 4.69) is 15.2 Å². The van der Waals surface area contributed by atoms with Gasteiger partial charge in [-0.1, -0.05) is 24.4 Å². The molecule has 8 heteroatoms. The van der Waals surface area contributed by atoms with Crippen molar-refractivity contribution in [3.8, 4) is 10.7 Å². The van der Waals surface area contributed by atoms with Crippen LogP contribution in [0.25, 0.3) is 10.7 Å². The highest BCUT2D eigenvalue weighted by molar-refractivity contribution is 7.92. The van der Waals surface area contributed by atoms with E-state index in [1.807, 2.05) is 0 Å². The molecule has 2 aliphatic rings. The molecule has 2 saturated carbocycles. The zero-order valence-electron chi connectivity index (χ0n) is 11.9. The first-order chi connectivity index (χ1) is 10.6. The summed E-state index contributed by atoms with van der Waals surface area (Å²) in [5.41, 5.74) is 1.23. The fraction of sp³-hybridized carbons (Fsp3) is 0.571. The van der Waals surface area contributed by atoms with E-state index >= 15 is 0 Å².